The van der Waals surface area contributed by atoms with Crippen LogP contribution in [0.1, 0.15) is 11.1 Å². The van der Waals surface area contributed by atoms with Gasteiger partial charge in [-0.05, 0) is 35.9 Å². The zero-order chi connectivity index (χ0) is 24.8. The van der Waals surface area contributed by atoms with Gasteiger partial charge in [0.15, 0.2) is 11.5 Å². The lowest BCUT2D eigenvalue weighted by atomic mass is 10.1. The van der Waals surface area contributed by atoms with E-state index in [0.29, 0.717) is 39.3 Å². The second-order valence-electron chi connectivity index (χ2n) is 8.77. The molecule has 1 amide bonds. The van der Waals surface area contributed by atoms with Gasteiger partial charge in [-0.2, -0.15) is 0 Å². The quantitative estimate of drug-likeness (QED) is 0.355. The maximum Gasteiger partial charge on any atom is 0.267 e. The summed E-state index contributed by atoms with van der Waals surface area (Å²) in [6.07, 6.45) is 3.34. The summed E-state index contributed by atoms with van der Waals surface area (Å²) in [6.45, 7) is 4.08. The molecule has 0 N–H and O–H groups in total. The van der Waals surface area contributed by atoms with E-state index in [2.05, 4.69) is 15.9 Å². The molecule has 12 heteroatoms. The summed E-state index contributed by atoms with van der Waals surface area (Å²) in [5, 5.41) is 0. The van der Waals surface area contributed by atoms with Gasteiger partial charge >= 0.3 is 0 Å². The van der Waals surface area contributed by atoms with E-state index in [1.807, 2.05) is 24.3 Å². The number of halogens is 1. The van der Waals surface area contributed by atoms with Crippen molar-refractivity contribution in [2.45, 2.75) is 6.54 Å². The number of thiocarbonyl (C=S) groups is 1. The molecular weight excluding hydrogens is 534 g/mol. The minimum Gasteiger partial charge on any atom is -0.454 e. The summed E-state index contributed by atoms with van der Waals surface area (Å²) >= 11 is 6.47. The summed E-state index contributed by atoms with van der Waals surface area (Å²) in [7, 11) is 1.64. The molecule has 0 unspecified atom stereocenters. The van der Waals surface area contributed by atoms with Crippen LogP contribution in [0.4, 0.5) is 5.82 Å². The van der Waals surface area contributed by atoms with Crippen LogP contribution in [0.3, 0.4) is 0 Å². The third-order valence-corrected chi connectivity index (χ3v) is 8.01. The average Bonchev–Trinajstić information content (AvgIpc) is 3.46. The highest BCUT2D eigenvalue weighted by molar-refractivity contribution is 8.26. The number of carbonyl (C=O) groups is 1. The molecule has 0 aliphatic carbocycles. The number of piperazine rings is 1. The Morgan fingerprint density at radius 2 is 1.86 bits per heavy atom. The molecule has 2 saturated heterocycles. The molecule has 0 atom stereocenters. The fourth-order valence-electron chi connectivity index (χ4n) is 4.55. The van der Waals surface area contributed by atoms with Gasteiger partial charge < -0.3 is 14.4 Å². The van der Waals surface area contributed by atoms with Gasteiger partial charge in [0.2, 0.25) is 6.79 Å². The van der Waals surface area contributed by atoms with Gasteiger partial charge in [-0.3, -0.25) is 23.8 Å². The van der Waals surface area contributed by atoms with Crippen molar-refractivity contribution in [3.8, 4) is 11.5 Å². The largest absolute Gasteiger partial charge is 0.454 e. The molecule has 37 heavy (non-hydrogen) atoms. The number of amides is 1. The summed E-state index contributed by atoms with van der Waals surface area (Å²) in [5.74, 6) is 1.95. The van der Waals surface area contributed by atoms with Crippen LogP contribution >= 0.6 is 36.4 Å². The molecule has 5 heterocycles. The second-order valence-corrected chi connectivity index (χ2v) is 10.5. The first kappa shape index (κ1) is 25.5. The lowest BCUT2D eigenvalue weighted by molar-refractivity contribution is -0.121. The van der Waals surface area contributed by atoms with Gasteiger partial charge in [0.05, 0.1) is 10.5 Å². The van der Waals surface area contributed by atoms with Crippen LogP contribution in [0.25, 0.3) is 11.7 Å². The van der Waals surface area contributed by atoms with Crippen LogP contribution in [-0.2, 0) is 11.3 Å². The predicted molar refractivity (Wildman–Crippen MR) is 150 cm³/mol. The van der Waals surface area contributed by atoms with Gasteiger partial charge in [-0.15, -0.1) is 12.4 Å². The molecule has 0 spiro atoms. The summed E-state index contributed by atoms with van der Waals surface area (Å²) < 4.78 is 12.9. The smallest absolute Gasteiger partial charge is 0.267 e. The van der Waals surface area contributed by atoms with Gasteiger partial charge in [0.25, 0.3) is 11.5 Å². The number of carbonyl (C=O) groups excluding carboxylic acids is 1. The number of pyridine rings is 1. The summed E-state index contributed by atoms with van der Waals surface area (Å²) in [5.41, 5.74) is 1.93. The Labute approximate surface area is 229 Å². The minimum atomic E-state index is -0.209. The Morgan fingerprint density at radius 3 is 2.62 bits per heavy atom. The second kappa shape index (κ2) is 10.3. The van der Waals surface area contributed by atoms with Crippen molar-refractivity contribution in [1.82, 2.24) is 19.2 Å². The van der Waals surface area contributed by atoms with Crippen LogP contribution in [0.15, 0.2) is 52.3 Å². The number of hydrogen-bond acceptors (Lipinski definition) is 9. The van der Waals surface area contributed by atoms with E-state index in [-0.39, 0.29) is 30.7 Å². The van der Waals surface area contributed by atoms with Crippen molar-refractivity contribution < 1.29 is 14.3 Å². The number of benzene rings is 1. The van der Waals surface area contributed by atoms with E-state index in [9.17, 15) is 9.59 Å². The summed E-state index contributed by atoms with van der Waals surface area (Å²) in [6, 6.07) is 11.5. The maximum atomic E-state index is 13.5. The number of ether oxygens (including phenoxy) is 2. The Morgan fingerprint density at radius 1 is 1.08 bits per heavy atom. The number of aromatic nitrogens is 2. The molecule has 2 fully saturated rings. The van der Waals surface area contributed by atoms with Gasteiger partial charge in [0.1, 0.15) is 15.8 Å². The van der Waals surface area contributed by atoms with Crippen LogP contribution < -0.4 is 19.9 Å². The van der Waals surface area contributed by atoms with Crippen molar-refractivity contribution in [3.05, 3.63) is 69.0 Å². The molecule has 0 bridgehead atoms. The third kappa shape index (κ3) is 4.79. The topological polar surface area (TPSA) is 79.6 Å². The summed E-state index contributed by atoms with van der Waals surface area (Å²) in [4.78, 5) is 37.3. The van der Waals surface area contributed by atoms with Crippen molar-refractivity contribution in [2.24, 2.45) is 0 Å². The number of hydrogen-bond donors (Lipinski definition) is 0. The van der Waals surface area contributed by atoms with Crippen molar-refractivity contribution in [3.63, 3.8) is 0 Å². The Bertz CT molecular complexity index is 1490. The first-order valence-corrected chi connectivity index (χ1v) is 12.8. The number of thioether (sulfide) groups is 1. The third-order valence-electron chi connectivity index (χ3n) is 6.53. The molecule has 192 valence electrons. The van der Waals surface area contributed by atoms with Crippen LogP contribution in [0, 0.1) is 0 Å². The molecule has 0 saturated carbocycles. The van der Waals surface area contributed by atoms with E-state index >= 15 is 0 Å². The van der Waals surface area contributed by atoms with Crippen molar-refractivity contribution >= 4 is 64.2 Å². The molecule has 3 aliphatic heterocycles. The number of fused-ring (bicyclic) bond motifs is 2. The highest BCUT2D eigenvalue weighted by atomic mass is 35.5. The fraction of sp³-hybridized carbons (Fsp3) is 0.280. The van der Waals surface area contributed by atoms with Crippen LogP contribution in [0.5, 0.6) is 11.5 Å². The Hall–Kier alpha value is -3.12. The van der Waals surface area contributed by atoms with Gasteiger partial charge in [0, 0.05) is 46.0 Å². The molecule has 9 nitrogen and oxygen atoms in total. The van der Waals surface area contributed by atoms with E-state index in [0.717, 1.165) is 36.7 Å². The molecule has 0 radical (unpaired) electrons. The van der Waals surface area contributed by atoms with Crippen molar-refractivity contribution in [1.29, 1.82) is 0 Å². The SMILES string of the molecule is CN1C(=O)C(=Cc2c(N3CCN(Cc4ccc5c(c4)OCO5)CC3)nc3ccccn3c2=O)SC1=S.Cl. The zero-order valence-electron chi connectivity index (χ0n) is 20.0. The molecule has 2 aromatic heterocycles. The minimum absolute atomic E-state index is 0. The molecule has 6 rings (SSSR count). The highest BCUT2D eigenvalue weighted by Crippen LogP contribution is 2.34. The Kier molecular flexibility index (Phi) is 7.13. The first-order chi connectivity index (χ1) is 17.5. The van der Waals surface area contributed by atoms with Gasteiger partial charge in [-0.1, -0.05) is 36.1 Å². The fourth-order valence-corrected chi connectivity index (χ4v) is 5.71. The lowest BCUT2D eigenvalue weighted by Gasteiger charge is -2.36. The number of anilines is 1. The molecular formula is C25H24ClN5O4S2. The number of likely N-dealkylation sites (N-methyl/N-ethyl adjacent to an activating group) is 1. The molecule has 1 aromatic carbocycles. The molecule has 3 aromatic rings. The first-order valence-electron chi connectivity index (χ1n) is 11.6. The average molecular weight is 558 g/mol. The van der Waals surface area contributed by atoms with Gasteiger partial charge in [-0.25, -0.2) is 4.98 Å². The predicted octanol–water partition coefficient (Wildman–Crippen LogP) is 3.00. The zero-order valence-corrected chi connectivity index (χ0v) is 22.4. The normalized spacial score (nSPS) is 18.7. The Balaban J connectivity index is 0.00000280. The van der Waals surface area contributed by atoms with E-state index in [1.165, 1.54) is 21.1 Å². The van der Waals surface area contributed by atoms with Crippen LogP contribution in [-0.4, -0.2) is 69.4 Å². The highest BCUT2D eigenvalue weighted by Gasteiger charge is 2.30. The van der Waals surface area contributed by atoms with E-state index in [1.54, 1.807) is 25.4 Å². The monoisotopic (exact) mass is 557 g/mol. The number of nitrogens with zero attached hydrogens (tertiary/aromatic N) is 5. The van der Waals surface area contributed by atoms with E-state index < -0.39 is 0 Å². The molecule has 3 aliphatic rings. The number of rotatable bonds is 4. The van der Waals surface area contributed by atoms with Crippen LogP contribution in [0.2, 0.25) is 0 Å². The maximum absolute atomic E-state index is 13.5. The van der Waals surface area contributed by atoms with Crippen molar-refractivity contribution in [2.75, 3.05) is 44.9 Å². The van der Waals surface area contributed by atoms with E-state index in [4.69, 9.17) is 26.7 Å². The lowest BCUT2D eigenvalue weighted by Crippen LogP contribution is -2.47. The standard InChI is InChI=1S/C25H23N5O4S2.ClH/c1-27-24(32)20(36-25(27)35)13-17-22(26-21-4-2-3-7-30(21)23(17)31)29-10-8-28(9-11-29)14-16-5-6-18-19(12-16)34-15-33-18;/h2-7,12-13H,8-11,14-15H2,1H3;1H.